The zero-order valence-electron chi connectivity index (χ0n) is 20.9. The lowest BCUT2D eigenvalue weighted by Gasteiger charge is -2.02. The third-order valence-electron chi connectivity index (χ3n) is 5.44. The van der Waals surface area contributed by atoms with Crippen molar-refractivity contribution in [3.8, 4) is 0 Å². The van der Waals surface area contributed by atoms with E-state index < -0.39 is 0 Å². The van der Waals surface area contributed by atoms with Gasteiger partial charge in [-0.3, -0.25) is 0 Å². The number of pyridine rings is 1. The molecule has 192 valence electrons. The van der Waals surface area contributed by atoms with Crippen LogP contribution in [0.25, 0.3) is 0 Å². The maximum atomic E-state index is 5.64. The number of halogens is 2. The quantitative estimate of drug-likeness (QED) is 0.123. The number of hydrogen-bond acceptors (Lipinski definition) is 5. The van der Waals surface area contributed by atoms with Gasteiger partial charge in [0.15, 0.2) is 5.82 Å². The number of benzene rings is 1. The summed E-state index contributed by atoms with van der Waals surface area (Å²) in [6.07, 6.45) is 20.3. The first kappa shape index (κ1) is 32.3. The van der Waals surface area contributed by atoms with Crippen LogP contribution in [0.2, 0.25) is 0 Å². The van der Waals surface area contributed by atoms with E-state index in [1.807, 2.05) is 30.3 Å². The summed E-state index contributed by atoms with van der Waals surface area (Å²) in [5.41, 5.74) is 12.4. The highest BCUT2D eigenvalue weighted by Crippen LogP contribution is 2.23. The Balaban J connectivity index is 0.000000622. The van der Waals surface area contributed by atoms with Crippen molar-refractivity contribution in [3.05, 3.63) is 42.5 Å². The average molecular weight is 555 g/mol. The molecule has 0 aliphatic rings. The number of alkyl halides is 1. The minimum Gasteiger partial charge on any atom is -0.384 e. The Kier molecular flexibility index (Phi) is 22.0. The molecule has 0 spiro atoms. The molecule has 0 saturated carbocycles. The fraction of sp³-hybridized carbons (Fsp3) is 0.593. The molecule has 1 aromatic heterocycles. The van der Waals surface area contributed by atoms with Crippen LogP contribution in [-0.4, -0.2) is 10.3 Å². The second-order valence-electron chi connectivity index (χ2n) is 8.46. The highest BCUT2D eigenvalue weighted by Gasteiger charge is 1.99. The first-order valence-electron chi connectivity index (χ1n) is 12.7. The van der Waals surface area contributed by atoms with Crippen LogP contribution < -0.4 is 11.5 Å². The summed E-state index contributed by atoms with van der Waals surface area (Å²) in [5.74, 6) is 0.649. The molecule has 2 rings (SSSR count). The third-order valence-corrected chi connectivity index (χ3v) is 6.00. The number of nitrogens with zero attached hydrogens (tertiary/aromatic N) is 3. The summed E-state index contributed by atoms with van der Waals surface area (Å²) < 4.78 is 0. The van der Waals surface area contributed by atoms with Gasteiger partial charge >= 0.3 is 0 Å². The second kappa shape index (κ2) is 23.1. The number of nitrogens with two attached hydrogens (primary N) is 2. The predicted octanol–water partition coefficient (Wildman–Crippen LogP) is 9.95. The molecule has 34 heavy (non-hydrogen) atoms. The molecule has 0 unspecified atom stereocenters. The predicted molar refractivity (Wildman–Crippen MR) is 155 cm³/mol. The molecule has 1 heterocycles. The Morgan fingerprint density at radius 2 is 1.18 bits per heavy atom. The van der Waals surface area contributed by atoms with Crippen LogP contribution in [0, 0.1) is 0 Å². The highest BCUT2D eigenvalue weighted by molar-refractivity contribution is 9.09. The molecule has 7 heteroatoms. The van der Waals surface area contributed by atoms with Crippen molar-refractivity contribution in [2.24, 2.45) is 10.2 Å². The molecule has 5 nitrogen and oxygen atoms in total. The molecular weight excluding hydrogens is 510 g/mol. The van der Waals surface area contributed by atoms with E-state index in [0.717, 1.165) is 5.69 Å². The van der Waals surface area contributed by atoms with Gasteiger partial charge in [-0.2, -0.15) is 5.11 Å². The summed E-state index contributed by atoms with van der Waals surface area (Å²) in [4.78, 5) is 3.89. The van der Waals surface area contributed by atoms with Crippen LogP contribution in [0.15, 0.2) is 52.7 Å². The minimum atomic E-state index is 0. The smallest absolute Gasteiger partial charge is 0.153 e. The summed E-state index contributed by atoms with van der Waals surface area (Å²) in [6, 6.07) is 12.7. The molecule has 0 saturated heterocycles. The number of unbranched alkanes of at least 4 members (excludes halogenated alkanes) is 13. The first-order valence-corrected chi connectivity index (χ1v) is 13.8. The largest absolute Gasteiger partial charge is 0.384 e. The van der Waals surface area contributed by atoms with Crippen LogP contribution in [0.4, 0.5) is 23.0 Å². The molecule has 2 aromatic rings. The molecular formula is C27H45BrClN5. The van der Waals surface area contributed by atoms with Crippen LogP contribution in [0.3, 0.4) is 0 Å². The topological polar surface area (TPSA) is 89.6 Å². The van der Waals surface area contributed by atoms with E-state index in [0.29, 0.717) is 11.5 Å². The first-order chi connectivity index (χ1) is 16.2. The van der Waals surface area contributed by atoms with Crippen LogP contribution >= 0.6 is 28.3 Å². The maximum absolute atomic E-state index is 5.64. The Morgan fingerprint density at radius 3 is 1.65 bits per heavy atom. The number of azo groups is 1. The van der Waals surface area contributed by atoms with E-state index in [4.69, 9.17) is 11.5 Å². The normalized spacial score (nSPS) is 10.5. The van der Waals surface area contributed by atoms with Gasteiger partial charge in [-0.25, -0.2) is 4.98 Å². The Morgan fingerprint density at radius 1 is 0.676 bits per heavy atom. The highest BCUT2D eigenvalue weighted by atomic mass is 79.9. The summed E-state index contributed by atoms with van der Waals surface area (Å²) in [5, 5.41) is 9.22. The van der Waals surface area contributed by atoms with Gasteiger partial charge in [0.1, 0.15) is 11.5 Å². The number of nitrogen functional groups attached to an aromatic ring is 2. The van der Waals surface area contributed by atoms with Gasteiger partial charge in [-0.05, 0) is 30.7 Å². The van der Waals surface area contributed by atoms with Gasteiger partial charge in [0.05, 0.1) is 5.69 Å². The Labute approximate surface area is 222 Å². The summed E-state index contributed by atoms with van der Waals surface area (Å²) in [6.45, 7) is 2.29. The fourth-order valence-electron chi connectivity index (χ4n) is 3.46. The van der Waals surface area contributed by atoms with Gasteiger partial charge < -0.3 is 11.5 Å². The molecule has 0 amide bonds. The summed E-state index contributed by atoms with van der Waals surface area (Å²) in [7, 11) is 0. The van der Waals surface area contributed by atoms with Crippen LogP contribution in [0.5, 0.6) is 0 Å². The van der Waals surface area contributed by atoms with Crippen molar-refractivity contribution in [1.29, 1.82) is 0 Å². The van der Waals surface area contributed by atoms with Gasteiger partial charge in [0, 0.05) is 5.33 Å². The van der Waals surface area contributed by atoms with Crippen LogP contribution in [0.1, 0.15) is 96.8 Å². The SMILES string of the molecule is CCCCCCCCCCCCCCCCBr.Cl.Nc1ccc(/N=N/c2ccccc2)c(N)n1. The molecule has 0 radical (unpaired) electrons. The van der Waals surface area contributed by atoms with E-state index in [2.05, 4.69) is 38.1 Å². The molecule has 0 atom stereocenters. The van der Waals surface area contributed by atoms with Crippen molar-refractivity contribution < 1.29 is 0 Å². The van der Waals surface area contributed by atoms with Crippen molar-refractivity contribution >= 4 is 51.3 Å². The van der Waals surface area contributed by atoms with E-state index >= 15 is 0 Å². The van der Waals surface area contributed by atoms with Gasteiger partial charge in [0.2, 0.25) is 0 Å². The lowest BCUT2D eigenvalue weighted by atomic mass is 10.0. The lowest BCUT2D eigenvalue weighted by molar-refractivity contribution is 0.538. The Bertz CT molecular complexity index is 729. The van der Waals surface area contributed by atoms with Crippen molar-refractivity contribution in [2.45, 2.75) is 96.8 Å². The fourth-order valence-corrected chi connectivity index (χ4v) is 3.86. The van der Waals surface area contributed by atoms with Crippen molar-refractivity contribution in [1.82, 2.24) is 4.98 Å². The van der Waals surface area contributed by atoms with Gasteiger partial charge in [-0.15, -0.1) is 17.5 Å². The van der Waals surface area contributed by atoms with E-state index in [-0.39, 0.29) is 18.2 Å². The molecule has 0 aliphatic carbocycles. The van der Waals surface area contributed by atoms with Crippen molar-refractivity contribution in [2.75, 3.05) is 16.8 Å². The number of anilines is 2. The van der Waals surface area contributed by atoms with E-state index in [9.17, 15) is 0 Å². The molecule has 1 aromatic carbocycles. The second-order valence-corrected chi connectivity index (χ2v) is 9.25. The van der Waals surface area contributed by atoms with Crippen molar-refractivity contribution in [3.63, 3.8) is 0 Å². The number of aromatic nitrogens is 1. The third kappa shape index (κ3) is 17.8. The summed E-state index contributed by atoms with van der Waals surface area (Å²) >= 11 is 3.48. The zero-order chi connectivity index (χ0) is 24.0. The van der Waals surface area contributed by atoms with E-state index in [1.54, 1.807) is 12.1 Å². The van der Waals surface area contributed by atoms with Crippen LogP contribution in [-0.2, 0) is 0 Å². The lowest BCUT2D eigenvalue weighted by Crippen LogP contribution is -1.95. The van der Waals surface area contributed by atoms with Gasteiger partial charge in [0.25, 0.3) is 0 Å². The molecule has 0 bridgehead atoms. The van der Waals surface area contributed by atoms with Gasteiger partial charge in [-0.1, -0.05) is 125 Å². The monoisotopic (exact) mass is 553 g/mol. The zero-order valence-corrected chi connectivity index (χ0v) is 23.3. The maximum Gasteiger partial charge on any atom is 0.153 e. The Hall–Kier alpha value is -1.66. The standard InChI is InChI=1S/C16H33Br.C11H11N5.ClH/c1-2-3-4-5-6-7-8-9-10-11-12-13-14-15-16-17;12-10-7-6-9(11(13)14-10)16-15-8-4-2-1-3-5-8;/h2-16H2,1H3;1-7H,(H4,12,13,14);1H/b;16-15+;. The number of rotatable bonds is 16. The van der Waals surface area contributed by atoms with E-state index in [1.165, 1.54) is 95.2 Å². The molecule has 4 N–H and O–H groups in total. The molecule has 0 fully saturated rings. The minimum absolute atomic E-state index is 0. The number of hydrogen-bond donors (Lipinski definition) is 2. The molecule has 0 aliphatic heterocycles. The average Bonchev–Trinajstić information content (AvgIpc) is 2.83.